The van der Waals surface area contributed by atoms with Crippen molar-refractivity contribution in [3.63, 3.8) is 0 Å². The van der Waals surface area contributed by atoms with Crippen molar-refractivity contribution in [2.24, 2.45) is 0 Å². The molecule has 0 N–H and O–H groups in total. The van der Waals surface area contributed by atoms with E-state index in [1.165, 1.54) is 7.11 Å². The molecule has 1 saturated heterocycles. The molecule has 0 amide bonds. The molecule has 2 unspecified atom stereocenters. The number of rotatable bonds is 7. The predicted molar refractivity (Wildman–Crippen MR) is 105 cm³/mol. The average Bonchev–Trinajstić information content (AvgIpc) is 2.69. The smallest absolute Gasteiger partial charge is 0.433 e. The van der Waals surface area contributed by atoms with Gasteiger partial charge in [-0.25, -0.2) is 9.24 Å². The molecule has 0 radical (unpaired) electrons. The summed E-state index contributed by atoms with van der Waals surface area (Å²) in [5, 5.41) is 0. The first-order chi connectivity index (χ1) is 12.9. The molecule has 146 valence electrons. The highest BCUT2D eigenvalue weighted by molar-refractivity contribution is 7.56. The van der Waals surface area contributed by atoms with Crippen LogP contribution >= 0.6 is 15.3 Å². The number of para-hydroxylation sites is 2. The van der Waals surface area contributed by atoms with Crippen molar-refractivity contribution in [2.75, 3.05) is 40.0 Å². The predicted octanol–water partition coefficient (Wildman–Crippen LogP) is 4.34. The van der Waals surface area contributed by atoms with Crippen molar-refractivity contribution in [3.05, 3.63) is 60.7 Å². The lowest BCUT2D eigenvalue weighted by Gasteiger charge is -2.38. The van der Waals surface area contributed by atoms with E-state index in [9.17, 15) is 9.13 Å². The molecule has 7 nitrogen and oxygen atoms in total. The molecular weight excluding hydrogens is 386 g/mol. The highest BCUT2D eigenvalue weighted by Gasteiger charge is 2.40. The Morgan fingerprint density at radius 3 is 1.67 bits per heavy atom. The normalized spacial score (nSPS) is 20.4. The molecule has 2 aromatic rings. The standard InChI is InChI=1S/C18H24N2O5P2/c1-23-27(22,25-18-11-7-4-8-12-18)20-15-13-19(14-16-20)26(2,21)24-17-9-5-3-6-10-17/h3-12H,13-16H2,1-2H3. The van der Waals surface area contributed by atoms with Crippen LogP contribution in [0.5, 0.6) is 11.5 Å². The summed E-state index contributed by atoms with van der Waals surface area (Å²) in [5.74, 6) is 1.06. The third kappa shape index (κ3) is 5.01. The topological polar surface area (TPSA) is 68.3 Å². The first-order valence-electron chi connectivity index (χ1n) is 8.66. The minimum Gasteiger partial charge on any atom is -0.433 e. The molecule has 1 aliphatic heterocycles. The van der Waals surface area contributed by atoms with Gasteiger partial charge in [0.2, 0.25) is 0 Å². The Bertz CT molecular complexity index is 826. The van der Waals surface area contributed by atoms with Gasteiger partial charge in [-0.3, -0.25) is 9.09 Å². The first kappa shape index (κ1) is 20.1. The first-order valence-corrected chi connectivity index (χ1v) is 12.2. The third-order valence-electron chi connectivity index (χ3n) is 4.31. The van der Waals surface area contributed by atoms with Crippen LogP contribution < -0.4 is 9.05 Å². The summed E-state index contributed by atoms with van der Waals surface area (Å²) in [6, 6.07) is 18.0. The molecule has 27 heavy (non-hydrogen) atoms. The van der Waals surface area contributed by atoms with Gasteiger partial charge in [0.1, 0.15) is 11.5 Å². The summed E-state index contributed by atoms with van der Waals surface area (Å²) in [7, 11) is -5.10. The summed E-state index contributed by atoms with van der Waals surface area (Å²) < 4.78 is 46.2. The lowest BCUT2D eigenvalue weighted by atomic mass is 10.3. The van der Waals surface area contributed by atoms with Crippen molar-refractivity contribution >= 4 is 15.3 Å². The summed E-state index contributed by atoms with van der Waals surface area (Å²) >= 11 is 0. The van der Waals surface area contributed by atoms with Crippen molar-refractivity contribution in [3.8, 4) is 11.5 Å². The van der Waals surface area contributed by atoms with Gasteiger partial charge >= 0.3 is 15.3 Å². The maximum absolute atomic E-state index is 13.1. The molecule has 1 fully saturated rings. The van der Waals surface area contributed by atoms with Gasteiger partial charge in [0.15, 0.2) is 0 Å². The third-order valence-corrected chi connectivity index (χ3v) is 8.28. The van der Waals surface area contributed by atoms with Gasteiger partial charge in [-0.1, -0.05) is 36.4 Å². The van der Waals surface area contributed by atoms with E-state index in [1.807, 2.05) is 36.4 Å². The summed E-state index contributed by atoms with van der Waals surface area (Å²) in [6.45, 7) is 3.27. The SMILES string of the molecule is COP(=O)(Oc1ccccc1)N1CCN(P(C)(=O)Oc2ccccc2)CC1. The fraction of sp³-hybridized carbons (Fsp3) is 0.333. The molecule has 2 atom stereocenters. The van der Waals surface area contributed by atoms with Crippen molar-refractivity contribution in [1.82, 2.24) is 9.34 Å². The summed E-state index contributed by atoms with van der Waals surface area (Å²) in [4.78, 5) is 0. The quantitative estimate of drug-likeness (QED) is 0.629. The number of hydrogen-bond donors (Lipinski definition) is 0. The highest BCUT2D eigenvalue weighted by atomic mass is 31.2. The average molecular weight is 410 g/mol. The molecule has 0 bridgehead atoms. The maximum Gasteiger partial charge on any atom is 0.461 e. The summed E-state index contributed by atoms with van der Waals surface area (Å²) in [5.41, 5.74) is 0. The monoisotopic (exact) mass is 410 g/mol. The molecule has 0 aromatic heterocycles. The highest BCUT2D eigenvalue weighted by Crippen LogP contribution is 2.54. The second-order valence-corrected chi connectivity index (χ2v) is 10.6. The Balaban J connectivity index is 1.63. The number of hydrogen-bond acceptors (Lipinski definition) is 5. The van der Waals surface area contributed by atoms with Gasteiger partial charge in [0.05, 0.1) is 0 Å². The zero-order valence-electron chi connectivity index (χ0n) is 15.4. The van der Waals surface area contributed by atoms with Crippen LogP contribution in [-0.2, 0) is 13.7 Å². The van der Waals surface area contributed by atoms with Crippen LogP contribution in [0.3, 0.4) is 0 Å². The van der Waals surface area contributed by atoms with E-state index in [-0.39, 0.29) is 0 Å². The minimum atomic E-state index is -3.47. The number of nitrogens with zero attached hydrogens (tertiary/aromatic N) is 2. The van der Waals surface area contributed by atoms with E-state index in [2.05, 4.69) is 0 Å². The molecule has 0 saturated carbocycles. The Morgan fingerprint density at radius 1 is 0.741 bits per heavy atom. The van der Waals surface area contributed by atoms with E-state index in [1.54, 1.807) is 40.3 Å². The van der Waals surface area contributed by atoms with E-state index in [0.717, 1.165) is 0 Å². The van der Waals surface area contributed by atoms with Gasteiger partial charge in [-0.05, 0) is 24.3 Å². The van der Waals surface area contributed by atoms with Crippen molar-refractivity contribution < 1.29 is 22.7 Å². The largest absolute Gasteiger partial charge is 0.461 e. The lowest BCUT2D eigenvalue weighted by Crippen LogP contribution is -2.44. The van der Waals surface area contributed by atoms with Crippen LogP contribution in [0.2, 0.25) is 0 Å². The van der Waals surface area contributed by atoms with Gasteiger partial charge < -0.3 is 9.05 Å². The Morgan fingerprint density at radius 2 is 1.19 bits per heavy atom. The molecule has 3 rings (SSSR count). The van der Waals surface area contributed by atoms with Crippen molar-refractivity contribution in [2.45, 2.75) is 0 Å². The van der Waals surface area contributed by atoms with Crippen LogP contribution in [0.15, 0.2) is 60.7 Å². The van der Waals surface area contributed by atoms with Crippen LogP contribution in [0.1, 0.15) is 0 Å². The van der Waals surface area contributed by atoms with E-state index < -0.39 is 15.3 Å². The van der Waals surface area contributed by atoms with Crippen LogP contribution in [-0.4, -0.2) is 49.3 Å². The Hall–Kier alpha value is -1.62. The molecule has 1 heterocycles. The number of benzene rings is 2. The Labute approximate surface area is 159 Å². The van der Waals surface area contributed by atoms with Gasteiger partial charge in [-0.2, -0.15) is 4.67 Å². The minimum absolute atomic E-state index is 0.397. The van der Waals surface area contributed by atoms with E-state index in [4.69, 9.17) is 13.6 Å². The Kier molecular flexibility index (Phi) is 6.40. The molecule has 1 aliphatic rings. The van der Waals surface area contributed by atoms with Crippen molar-refractivity contribution in [1.29, 1.82) is 0 Å². The van der Waals surface area contributed by atoms with Gasteiger partial charge in [-0.15, -0.1) is 0 Å². The van der Waals surface area contributed by atoms with Gasteiger partial charge in [0.25, 0.3) is 0 Å². The van der Waals surface area contributed by atoms with Crippen LogP contribution in [0, 0.1) is 0 Å². The second kappa shape index (κ2) is 8.59. The second-order valence-electron chi connectivity index (χ2n) is 6.17. The zero-order valence-corrected chi connectivity index (χ0v) is 17.2. The number of piperazine rings is 1. The molecule has 0 spiro atoms. The summed E-state index contributed by atoms with van der Waals surface area (Å²) in [6.07, 6.45) is 0. The van der Waals surface area contributed by atoms with E-state index >= 15 is 0 Å². The molecule has 2 aromatic carbocycles. The molecule has 9 heteroatoms. The molecule has 0 aliphatic carbocycles. The fourth-order valence-electron chi connectivity index (χ4n) is 2.85. The maximum atomic E-state index is 13.1. The fourth-order valence-corrected chi connectivity index (χ4v) is 5.86. The van der Waals surface area contributed by atoms with Gasteiger partial charge in [0, 0.05) is 40.0 Å². The molecular formula is C18H24N2O5P2. The van der Waals surface area contributed by atoms with Crippen LogP contribution in [0.4, 0.5) is 0 Å². The van der Waals surface area contributed by atoms with Crippen LogP contribution in [0.25, 0.3) is 0 Å². The lowest BCUT2D eigenvalue weighted by molar-refractivity contribution is 0.194. The zero-order chi connectivity index (χ0) is 19.3. The van der Waals surface area contributed by atoms with E-state index in [0.29, 0.717) is 37.7 Å².